The molecule has 3 nitrogen and oxygen atoms in total. The van der Waals surface area contributed by atoms with Crippen LogP contribution in [0.3, 0.4) is 0 Å². The first-order chi connectivity index (χ1) is 8.84. The predicted octanol–water partition coefficient (Wildman–Crippen LogP) is 2.72. The lowest BCUT2D eigenvalue weighted by molar-refractivity contribution is -0.137. The van der Waals surface area contributed by atoms with E-state index in [2.05, 4.69) is 5.32 Å². The molecule has 19 heavy (non-hydrogen) atoms. The molecule has 0 bridgehead atoms. The third kappa shape index (κ3) is 5.12. The molecule has 0 aliphatic heterocycles. The Morgan fingerprint density at radius 3 is 2.42 bits per heavy atom. The van der Waals surface area contributed by atoms with Gasteiger partial charge in [0, 0.05) is 5.69 Å². The first-order valence-corrected chi connectivity index (χ1v) is 6.96. The zero-order valence-electron chi connectivity index (χ0n) is 10.3. The SMILES string of the molecule is CSCC[C@H](N)C(=O)Nc1ccc(C(F)(F)F)cc1. The second-order valence-corrected chi connectivity index (χ2v) is 4.94. The lowest BCUT2D eigenvalue weighted by atomic mass is 10.2. The highest BCUT2D eigenvalue weighted by molar-refractivity contribution is 7.98. The molecule has 1 aromatic carbocycles. The Morgan fingerprint density at radius 2 is 1.95 bits per heavy atom. The molecule has 106 valence electrons. The van der Waals surface area contributed by atoms with Crippen LogP contribution in [0.4, 0.5) is 18.9 Å². The molecule has 0 aromatic heterocycles. The molecule has 0 aliphatic rings. The summed E-state index contributed by atoms with van der Waals surface area (Å²) in [7, 11) is 0. The van der Waals surface area contributed by atoms with E-state index in [-0.39, 0.29) is 0 Å². The molecule has 0 aliphatic carbocycles. The maximum Gasteiger partial charge on any atom is 0.416 e. The fourth-order valence-corrected chi connectivity index (χ4v) is 1.84. The third-order valence-corrected chi connectivity index (χ3v) is 3.09. The highest BCUT2D eigenvalue weighted by Crippen LogP contribution is 2.29. The van der Waals surface area contributed by atoms with Crippen LogP contribution < -0.4 is 11.1 Å². The molecule has 0 heterocycles. The molecule has 0 saturated heterocycles. The van der Waals surface area contributed by atoms with E-state index >= 15 is 0 Å². The molecule has 0 unspecified atom stereocenters. The van der Waals surface area contributed by atoms with Crippen molar-refractivity contribution in [3.63, 3.8) is 0 Å². The van der Waals surface area contributed by atoms with Crippen LogP contribution in [0, 0.1) is 0 Å². The standard InChI is InChI=1S/C12H15F3N2OS/c1-19-7-6-10(16)11(18)17-9-4-2-8(3-5-9)12(13,14)15/h2-5,10H,6-7,16H2,1H3,(H,17,18)/t10-/m0/s1. The number of alkyl halides is 3. The number of anilines is 1. The predicted molar refractivity (Wildman–Crippen MR) is 71.0 cm³/mol. The van der Waals surface area contributed by atoms with E-state index in [9.17, 15) is 18.0 Å². The molecule has 1 atom stereocenters. The quantitative estimate of drug-likeness (QED) is 0.877. The van der Waals surface area contributed by atoms with Crippen LogP contribution in [0.15, 0.2) is 24.3 Å². The second-order valence-electron chi connectivity index (χ2n) is 3.95. The van der Waals surface area contributed by atoms with E-state index in [0.29, 0.717) is 12.1 Å². The van der Waals surface area contributed by atoms with Crippen LogP contribution in [0.5, 0.6) is 0 Å². The third-order valence-electron chi connectivity index (χ3n) is 2.45. The van der Waals surface area contributed by atoms with Gasteiger partial charge >= 0.3 is 6.18 Å². The molecule has 1 aromatic rings. The summed E-state index contributed by atoms with van der Waals surface area (Å²) in [5, 5.41) is 2.49. The summed E-state index contributed by atoms with van der Waals surface area (Å²) in [5.41, 5.74) is 5.20. The molecule has 0 spiro atoms. The lowest BCUT2D eigenvalue weighted by Crippen LogP contribution is -2.36. The van der Waals surface area contributed by atoms with Crippen molar-refractivity contribution in [2.24, 2.45) is 5.73 Å². The topological polar surface area (TPSA) is 55.1 Å². The Morgan fingerprint density at radius 1 is 1.37 bits per heavy atom. The maximum atomic E-state index is 12.3. The monoisotopic (exact) mass is 292 g/mol. The summed E-state index contributed by atoms with van der Waals surface area (Å²) in [6, 6.07) is 3.60. The van der Waals surface area contributed by atoms with E-state index < -0.39 is 23.7 Å². The fraction of sp³-hybridized carbons (Fsp3) is 0.417. The summed E-state index contributed by atoms with van der Waals surface area (Å²) in [6.45, 7) is 0. The maximum absolute atomic E-state index is 12.3. The zero-order valence-corrected chi connectivity index (χ0v) is 11.1. The van der Waals surface area contributed by atoms with Gasteiger partial charge in [0.1, 0.15) is 0 Å². The number of nitrogens with one attached hydrogen (secondary N) is 1. The summed E-state index contributed by atoms with van der Waals surface area (Å²) < 4.78 is 37.0. The molecule has 1 rings (SSSR count). The van der Waals surface area contributed by atoms with E-state index in [1.54, 1.807) is 11.8 Å². The normalized spacial score (nSPS) is 13.1. The Balaban J connectivity index is 2.60. The first kappa shape index (κ1) is 15.8. The Bertz CT molecular complexity index is 420. The van der Waals surface area contributed by atoms with Crippen LogP contribution in [-0.2, 0) is 11.0 Å². The molecule has 7 heteroatoms. The molecule has 0 radical (unpaired) electrons. The van der Waals surface area contributed by atoms with Gasteiger partial charge in [0.25, 0.3) is 0 Å². The average Bonchev–Trinajstić information content (AvgIpc) is 2.35. The van der Waals surface area contributed by atoms with E-state index in [4.69, 9.17) is 5.73 Å². The van der Waals surface area contributed by atoms with Crippen molar-refractivity contribution in [3.8, 4) is 0 Å². The van der Waals surface area contributed by atoms with Gasteiger partial charge in [-0.3, -0.25) is 4.79 Å². The Hall–Kier alpha value is -1.21. The number of benzene rings is 1. The Labute approximate surface area is 113 Å². The molecule has 0 saturated carbocycles. The van der Waals surface area contributed by atoms with Crippen molar-refractivity contribution in [1.29, 1.82) is 0 Å². The number of halogens is 3. The second kappa shape index (κ2) is 6.81. The number of rotatable bonds is 5. The number of hydrogen-bond acceptors (Lipinski definition) is 3. The van der Waals surface area contributed by atoms with Crippen molar-refractivity contribution in [3.05, 3.63) is 29.8 Å². The fourth-order valence-electron chi connectivity index (χ4n) is 1.35. The van der Waals surface area contributed by atoms with Crippen molar-refractivity contribution in [2.75, 3.05) is 17.3 Å². The van der Waals surface area contributed by atoms with Gasteiger partial charge in [-0.1, -0.05) is 0 Å². The van der Waals surface area contributed by atoms with E-state index in [0.717, 1.165) is 17.9 Å². The van der Waals surface area contributed by atoms with Gasteiger partial charge in [0.2, 0.25) is 5.91 Å². The van der Waals surface area contributed by atoms with Crippen LogP contribution in [0.1, 0.15) is 12.0 Å². The molecule has 1 amide bonds. The molecular weight excluding hydrogens is 277 g/mol. The smallest absolute Gasteiger partial charge is 0.325 e. The zero-order chi connectivity index (χ0) is 14.5. The largest absolute Gasteiger partial charge is 0.416 e. The number of nitrogens with two attached hydrogens (primary N) is 1. The van der Waals surface area contributed by atoms with Crippen LogP contribution in [0.25, 0.3) is 0 Å². The van der Waals surface area contributed by atoms with Gasteiger partial charge < -0.3 is 11.1 Å². The summed E-state index contributed by atoms with van der Waals surface area (Å²) in [5.74, 6) is 0.357. The first-order valence-electron chi connectivity index (χ1n) is 5.57. The number of carbonyl (C=O) groups excluding carboxylic acids is 1. The average molecular weight is 292 g/mol. The molecular formula is C12H15F3N2OS. The summed E-state index contributed by atoms with van der Waals surface area (Å²) in [4.78, 5) is 11.6. The number of carbonyl (C=O) groups is 1. The summed E-state index contributed by atoms with van der Waals surface area (Å²) >= 11 is 1.57. The van der Waals surface area contributed by atoms with E-state index in [1.165, 1.54) is 12.1 Å². The molecule has 0 fully saturated rings. The molecule has 3 N–H and O–H groups in total. The number of amides is 1. The van der Waals surface area contributed by atoms with Crippen molar-refractivity contribution in [2.45, 2.75) is 18.6 Å². The van der Waals surface area contributed by atoms with Crippen LogP contribution in [0.2, 0.25) is 0 Å². The van der Waals surface area contributed by atoms with Crippen LogP contribution >= 0.6 is 11.8 Å². The minimum atomic E-state index is -4.38. The van der Waals surface area contributed by atoms with Gasteiger partial charge in [-0.2, -0.15) is 24.9 Å². The number of thioether (sulfide) groups is 1. The number of hydrogen-bond donors (Lipinski definition) is 2. The highest BCUT2D eigenvalue weighted by atomic mass is 32.2. The minimum absolute atomic E-state index is 0.303. The van der Waals surface area contributed by atoms with Crippen molar-refractivity contribution < 1.29 is 18.0 Å². The van der Waals surface area contributed by atoms with Crippen molar-refractivity contribution in [1.82, 2.24) is 0 Å². The van der Waals surface area contributed by atoms with Gasteiger partial charge in [0.15, 0.2) is 0 Å². The minimum Gasteiger partial charge on any atom is -0.325 e. The van der Waals surface area contributed by atoms with Crippen molar-refractivity contribution >= 4 is 23.4 Å². The van der Waals surface area contributed by atoms with Gasteiger partial charge in [0.05, 0.1) is 11.6 Å². The Kier molecular flexibility index (Phi) is 5.68. The van der Waals surface area contributed by atoms with E-state index in [1.807, 2.05) is 6.26 Å². The van der Waals surface area contributed by atoms with Gasteiger partial charge in [-0.15, -0.1) is 0 Å². The lowest BCUT2D eigenvalue weighted by Gasteiger charge is -2.12. The van der Waals surface area contributed by atoms with Crippen LogP contribution in [-0.4, -0.2) is 24.0 Å². The van der Waals surface area contributed by atoms with Gasteiger partial charge in [-0.05, 0) is 42.7 Å². The van der Waals surface area contributed by atoms with Gasteiger partial charge in [-0.25, -0.2) is 0 Å². The summed E-state index contributed by atoms with van der Waals surface area (Å²) in [6.07, 6.45) is -1.95. The highest BCUT2D eigenvalue weighted by Gasteiger charge is 2.30.